The van der Waals surface area contributed by atoms with E-state index in [2.05, 4.69) is 19.2 Å². The summed E-state index contributed by atoms with van der Waals surface area (Å²) in [5.41, 5.74) is -0.789. The summed E-state index contributed by atoms with van der Waals surface area (Å²) in [6.07, 6.45) is 4.08. The van der Waals surface area contributed by atoms with E-state index in [0.29, 0.717) is 18.8 Å². The van der Waals surface area contributed by atoms with Crippen molar-refractivity contribution in [2.75, 3.05) is 6.61 Å². The SMILES string of the molecule is CC(C)CC(CO)NC1(C(=O)O)CCCC1. The van der Waals surface area contributed by atoms with E-state index in [0.717, 1.165) is 19.3 Å². The number of hydrogen-bond donors (Lipinski definition) is 3. The number of aliphatic hydroxyl groups excluding tert-OH is 1. The second kappa shape index (κ2) is 5.64. The lowest BCUT2D eigenvalue weighted by Crippen LogP contribution is -2.55. The van der Waals surface area contributed by atoms with E-state index >= 15 is 0 Å². The first-order valence-electron chi connectivity index (χ1n) is 6.12. The zero-order valence-electron chi connectivity index (χ0n) is 10.2. The molecular formula is C12H23NO3. The van der Waals surface area contributed by atoms with Gasteiger partial charge in [-0.25, -0.2) is 0 Å². The van der Waals surface area contributed by atoms with Crippen molar-refractivity contribution in [2.45, 2.75) is 57.5 Å². The van der Waals surface area contributed by atoms with Crippen LogP contribution in [0, 0.1) is 5.92 Å². The number of carbonyl (C=O) groups is 1. The summed E-state index contributed by atoms with van der Waals surface area (Å²) in [5.74, 6) is -0.316. The lowest BCUT2D eigenvalue weighted by molar-refractivity contribution is -0.145. The number of aliphatic hydroxyl groups is 1. The van der Waals surface area contributed by atoms with Crippen molar-refractivity contribution in [3.8, 4) is 0 Å². The van der Waals surface area contributed by atoms with Crippen LogP contribution in [-0.4, -0.2) is 34.4 Å². The summed E-state index contributed by atoms with van der Waals surface area (Å²) in [5, 5.41) is 21.7. The number of nitrogens with one attached hydrogen (secondary N) is 1. The maximum absolute atomic E-state index is 11.3. The van der Waals surface area contributed by atoms with Gasteiger partial charge in [0.15, 0.2) is 0 Å². The Labute approximate surface area is 97.0 Å². The van der Waals surface area contributed by atoms with Gasteiger partial charge in [0.2, 0.25) is 0 Å². The number of rotatable bonds is 6. The van der Waals surface area contributed by atoms with Gasteiger partial charge in [0.05, 0.1) is 6.61 Å². The topological polar surface area (TPSA) is 69.6 Å². The number of carboxylic acid groups (broad SMARTS) is 1. The van der Waals surface area contributed by atoms with E-state index in [1.54, 1.807) is 0 Å². The van der Waals surface area contributed by atoms with Crippen LogP contribution in [0.2, 0.25) is 0 Å². The van der Waals surface area contributed by atoms with E-state index < -0.39 is 11.5 Å². The highest BCUT2D eigenvalue weighted by molar-refractivity contribution is 5.79. The molecule has 1 atom stereocenters. The van der Waals surface area contributed by atoms with Crippen LogP contribution in [0.4, 0.5) is 0 Å². The van der Waals surface area contributed by atoms with Crippen LogP contribution in [-0.2, 0) is 4.79 Å². The van der Waals surface area contributed by atoms with Gasteiger partial charge >= 0.3 is 5.97 Å². The molecule has 4 heteroatoms. The average molecular weight is 229 g/mol. The first-order valence-corrected chi connectivity index (χ1v) is 6.12. The summed E-state index contributed by atoms with van der Waals surface area (Å²) < 4.78 is 0. The van der Waals surface area contributed by atoms with Crippen LogP contribution in [0.15, 0.2) is 0 Å². The molecule has 0 aromatic carbocycles. The molecule has 94 valence electrons. The molecule has 1 fully saturated rings. The Bertz CT molecular complexity index is 234. The van der Waals surface area contributed by atoms with Gasteiger partial charge in [-0.15, -0.1) is 0 Å². The Balaban J connectivity index is 2.63. The Morgan fingerprint density at radius 3 is 2.31 bits per heavy atom. The Morgan fingerprint density at radius 2 is 1.94 bits per heavy atom. The second-order valence-electron chi connectivity index (χ2n) is 5.25. The molecule has 3 N–H and O–H groups in total. The molecule has 0 spiro atoms. The fourth-order valence-corrected chi connectivity index (χ4v) is 2.54. The zero-order valence-corrected chi connectivity index (χ0v) is 10.2. The van der Waals surface area contributed by atoms with Crippen LogP contribution < -0.4 is 5.32 Å². The van der Waals surface area contributed by atoms with E-state index in [-0.39, 0.29) is 12.6 Å². The van der Waals surface area contributed by atoms with Crippen LogP contribution in [0.3, 0.4) is 0 Å². The highest BCUT2D eigenvalue weighted by Crippen LogP contribution is 2.30. The van der Waals surface area contributed by atoms with Crippen molar-refractivity contribution in [1.82, 2.24) is 5.32 Å². The molecule has 0 aliphatic heterocycles. The minimum absolute atomic E-state index is 0.00715. The summed E-state index contributed by atoms with van der Waals surface area (Å²) in [6, 6.07) is -0.103. The first-order chi connectivity index (χ1) is 7.50. The molecular weight excluding hydrogens is 206 g/mol. The third-order valence-electron chi connectivity index (χ3n) is 3.32. The molecule has 0 aromatic heterocycles. The van der Waals surface area contributed by atoms with E-state index in [9.17, 15) is 15.0 Å². The minimum Gasteiger partial charge on any atom is -0.480 e. The Hall–Kier alpha value is -0.610. The molecule has 0 heterocycles. The predicted octanol–water partition coefficient (Wildman–Crippen LogP) is 1.38. The Kier molecular flexibility index (Phi) is 4.74. The standard InChI is InChI=1S/C12H23NO3/c1-9(2)7-10(8-14)13-12(11(15)16)5-3-4-6-12/h9-10,13-14H,3-8H2,1-2H3,(H,15,16). The average Bonchev–Trinajstić information content (AvgIpc) is 2.66. The lowest BCUT2D eigenvalue weighted by atomic mass is 9.94. The van der Waals surface area contributed by atoms with Gasteiger partial charge in [-0.1, -0.05) is 26.7 Å². The molecule has 1 rings (SSSR count). The second-order valence-corrected chi connectivity index (χ2v) is 5.25. The monoisotopic (exact) mass is 229 g/mol. The quantitative estimate of drug-likeness (QED) is 0.643. The van der Waals surface area contributed by atoms with Gasteiger partial charge in [-0.2, -0.15) is 0 Å². The maximum Gasteiger partial charge on any atom is 0.323 e. The predicted molar refractivity (Wildman–Crippen MR) is 62.3 cm³/mol. The van der Waals surface area contributed by atoms with Crippen LogP contribution in [0.5, 0.6) is 0 Å². The van der Waals surface area contributed by atoms with Crippen molar-refractivity contribution in [3.63, 3.8) is 0 Å². The van der Waals surface area contributed by atoms with E-state index in [4.69, 9.17) is 0 Å². The Morgan fingerprint density at radius 1 is 1.38 bits per heavy atom. The molecule has 0 amide bonds. The number of aliphatic carboxylic acids is 1. The molecule has 1 saturated carbocycles. The number of carboxylic acids is 1. The van der Waals surface area contributed by atoms with Gasteiger partial charge in [-0.3, -0.25) is 10.1 Å². The third-order valence-corrected chi connectivity index (χ3v) is 3.32. The van der Waals surface area contributed by atoms with E-state index in [1.807, 2.05) is 0 Å². The van der Waals surface area contributed by atoms with E-state index in [1.165, 1.54) is 0 Å². The smallest absolute Gasteiger partial charge is 0.323 e. The van der Waals surface area contributed by atoms with Crippen molar-refractivity contribution in [1.29, 1.82) is 0 Å². The fraction of sp³-hybridized carbons (Fsp3) is 0.917. The summed E-state index contributed by atoms with van der Waals surface area (Å²) in [7, 11) is 0. The van der Waals surface area contributed by atoms with Gasteiger partial charge < -0.3 is 10.2 Å². The van der Waals surface area contributed by atoms with Gasteiger partial charge in [0, 0.05) is 6.04 Å². The maximum atomic E-state index is 11.3. The summed E-state index contributed by atoms with van der Waals surface area (Å²) >= 11 is 0. The normalized spacial score (nSPS) is 21.2. The molecule has 0 radical (unpaired) electrons. The minimum atomic E-state index is -0.789. The van der Waals surface area contributed by atoms with Crippen molar-refractivity contribution < 1.29 is 15.0 Å². The molecule has 1 aliphatic rings. The van der Waals surface area contributed by atoms with Crippen molar-refractivity contribution in [3.05, 3.63) is 0 Å². The highest BCUT2D eigenvalue weighted by atomic mass is 16.4. The molecule has 1 aliphatic carbocycles. The molecule has 0 bridgehead atoms. The third kappa shape index (κ3) is 3.19. The van der Waals surface area contributed by atoms with Gasteiger partial charge in [-0.05, 0) is 25.2 Å². The fourth-order valence-electron chi connectivity index (χ4n) is 2.54. The summed E-state index contributed by atoms with van der Waals surface area (Å²) in [6.45, 7) is 4.16. The van der Waals surface area contributed by atoms with Gasteiger partial charge in [0.25, 0.3) is 0 Å². The molecule has 4 nitrogen and oxygen atoms in total. The number of hydrogen-bond acceptors (Lipinski definition) is 3. The highest BCUT2D eigenvalue weighted by Gasteiger charge is 2.42. The summed E-state index contributed by atoms with van der Waals surface area (Å²) in [4.78, 5) is 11.3. The van der Waals surface area contributed by atoms with Crippen LogP contribution >= 0.6 is 0 Å². The van der Waals surface area contributed by atoms with Crippen molar-refractivity contribution in [2.24, 2.45) is 5.92 Å². The molecule has 1 unspecified atom stereocenters. The lowest BCUT2D eigenvalue weighted by Gasteiger charge is -2.31. The van der Waals surface area contributed by atoms with Crippen LogP contribution in [0.1, 0.15) is 46.0 Å². The van der Waals surface area contributed by atoms with Gasteiger partial charge in [0.1, 0.15) is 5.54 Å². The molecule has 16 heavy (non-hydrogen) atoms. The first kappa shape index (κ1) is 13.5. The molecule has 0 aromatic rings. The van der Waals surface area contributed by atoms with Crippen LogP contribution in [0.25, 0.3) is 0 Å². The zero-order chi connectivity index (χ0) is 12.2. The largest absolute Gasteiger partial charge is 0.480 e. The van der Waals surface area contributed by atoms with Crippen molar-refractivity contribution >= 4 is 5.97 Å². The molecule has 0 saturated heterocycles.